The van der Waals surface area contributed by atoms with Crippen molar-refractivity contribution >= 4 is 33.2 Å². The lowest BCUT2D eigenvalue weighted by Crippen LogP contribution is -2.52. The molecule has 34 heavy (non-hydrogen) atoms. The lowest BCUT2D eigenvalue weighted by atomic mass is 10.1. The van der Waals surface area contributed by atoms with Crippen LogP contribution in [0, 0.1) is 16.0 Å². The summed E-state index contributed by atoms with van der Waals surface area (Å²) < 4.78 is 27.1. The van der Waals surface area contributed by atoms with Crippen LogP contribution in [0.25, 0.3) is 0 Å². The average Bonchev–Trinajstić information content (AvgIpc) is 3.25. The second-order valence-corrected chi connectivity index (χ2v) is 10.3. The highest BCUT2D eigenvalue weighted by molar-refractivity contribution is 7.89. The molecular weight excluding hydrogens is 460 g/mol. The van der Waals surface area contributed by atoms with Crippen LogP contribution in [0.15, 0.2) is 53.4 Å². The third-order valence-corrected chi connectivity index (χ3v) is 8.24. The van der Waals surface area contributed by atoms with Gasteiger partial charge < -0.3 is 9.80 Å². The molecular formula is C23H26N4O6S. The van der Waals surface area contributed by atoms with E-state index >= 15 is 0 Å². The molecule has 0 aliphatic carbocycles. The van der Waals surface area contributed by atoms with Gasteiger partial charge in [0.25, 0.3) is 5.69 Å². The molecule has 10 nitrogen and oxygen atoms in total. The van der Waals surface area contributed by atoms with E-state index in [2.05, 4.69) is 6.92 Å². The minimum absolute atomic E-state index is 0.0830. The number of amides is 2. The third-order valence-electron chi connectivity index (χ3n) is 6.35. The van der Waals surface area contributed by atoms with Gasteiger partial charge in [-0.1, -0.05) is 25.1 Å². The first-order valence-electron chi connectivity index (χ1n) is 11.1. The zero-order chi connectivity index (χ0) is 24.5. The van der Waals surface area contributed by atoms with Crippen molar-refractivity contribution in [2.45, 2.75) is 24.7 Å². The first-order valence-corrected chi connectivity index (χ1v) is 12.6. The van der Waals surface area contributed by atoms with Crippen LogP contribution in [0.1, 0.15) is 18.9 Å². The van der Waals surface area contributed by atoms with Crippen LogP contribution in [0.4, 0.5) is 11.4 Å². The second kappa shape index (κ2) is 9.51. The Kier molecular flexibility index (Phi) is 6.67. The number of non-ortho nitro benzene ring substituents is 1. The molecule has 0 N–H and O–H groups in total. The Morgan fingerprint density at radius 3 is 2.38 bits per heavy atom. The Morgan fingerprint density at radius 1 is 1.09 bits per heavy atom. The van der Waals surface area contributed by atoms with Crippen molar-refractivity contribution in [3.8, 4) is 0 Å². The number of benzene rings is 2. The maximum absolute atomic E-state index is 13.1. The van der Waals surface area contributed by atoms with E-state index in [1.54, 1.807) is 9.80 Å². The fourth-order valence-corrected chi connectivity index (χ4v) is 5.81. The standard InChI is InChI=1S/C23H26N4O6S/c1-2-17-6-8-19(9-7-17)26-16-18(14-22(26)28)23(29)24-10-12-25(13-11-24)34(32,33)21-5-3-4-20(15-21)27(30)31/h3-9,15,18H,2,10-14,16H2,1H3. The number of aryl methyl sites for hydroxylation is 1. The molecule has 11 heteroatoms. The second-order valence-electron chi connectivity index (χ2n) is 8.41. The largest absolute Gasteiger partial charge is 0.340 e. The number of piperazine rings is 1. The zero-order valence-electron chi connectivity index (χ0n) is 18.8. The van der Waals surface area contributed by atoms with Gasteiger partial charge in [-0.05, 0) is 30.2 Å². The lowest BCUT2D eigenvalue weighted by Gasteiger charge is -2.35. The molecule has 2 aliphatic heterocycles. The topological polar surface area (TPSA) is 121 Å². The molecule has 0 radical (unpaired) electrons. The third kappa shape index (κ3) is 4.66. The van der Waals surface area contributed by atoms with Gasteiger partial charge in [-0.15, -0.1) is 0 Å². The summed E-state index contributed by atoms with van der Waals surface area (Å²) in [6.07, 6.45) is 1.03. The molecule has 1 unspecified atom stereocenters. The zero-order valence-corrected chi connectivity index (χ0v) is 19.6. The summed E-state index contributed by atoms with van der Waals surface area (Å²) in [6.45, 7) is 2.92. The average molecular weight is 487 g/mol. The van der Waals surface area contributed by atoms with Crippen molar-refractivity contribution in [2.24, 2.45) is 5.92 Å². The van der Waals surface area contributed by atoms with Crippen LogP contribution in [0.2, 0.25) is 0 Å². The Morgan fingerprint density at radius 2 is 1.76 bits per heavy atom. The maximum Gasteiger partial charge on any atom is 0.270 e. The van der Waals surface area contributed by atoms with E-state index in [9.17, 15) is 28.1 Å². The van der Waals surface area contributed by atoms with Crippen LogP contribution < -0.4 is 4.90 Å². The molecule has 0 aromatic heterocycles. The molecule has 2 heterocycles. The summed E-state index contributed by atoms with van der Waals surface area (Å²) in [5.41, 5.74) is 1.64. The van der Waals surface area contributed by atoms with Crippen molar-refractivity contribution in [1.29, 1.82) is 0 Å². The van der Waals surface area contributed by atoms with Crippen LogP contribution in [-0.4, -0.2) is 67.1 Å². The Balaban J connectivity index is 1.38. The van der Waals surface area contributed by atoms with E-state index in [1.165, 1.54) is 28.1 Å². The van der Waals surface area contributed by atoms with Gasteiger partial charge >= 0.3 is 0 Å². The van der Waals surface area contributed by atoms with Gasteiger partial charge in [0.1, 0.15) is 0 Å². The Bertz CT molecular complexity index is 1210. The van der Waals surface area contributed by atoms with E-state index in [-0.39, 0.29) is 55.0 Å². The number of nitro groups is 1. The van der Waals surface area contributed by atoms with Gasteiger partial charge in [-0.3, -0.25) is 19.7 Å². The first kappa shape index (κ1) is 23.8. The summed E-state index contributed by atoms with van der Waals surface area (Å²) in [5, 5.41) is 11.0. The van der Waals surface area contributed by atoms with Crippen molar-refractivity contribution in [3.05, 3.63) is 64.2 Å². The van der Waals surface area contributed by atoms with Crippen LogP contribution >= 0.6 is 0 Å². The van der Waals surface area contributed by atoms with Gasteiger partial charge in [-0.2, -0.15) is 4.31 Å². The van der Waals surface area contributed by atoms with Crippen LogP contribution in [-0.2, 0) is 26.0 Å². The smallest absolute Gasteiger partial charge is 0.270 e. The minimum Gasteiger partial charge on any atom is -0.340 e. The van der Waals surface area contributed by atoms with E-state index in [0.29, 0.717) is 6.54 Å². The molecule has 4 rings (SSSR count). The molecule has 1 atom stereocenters. The van der Waals surface area contributed by atoms with E-state index in [1.807, 2.05) is 24.3 Å². The van der Waals surface area contributed by atoms with Crippen molar-refractivity contribution in [1.82, 2.24) is 9.21 Å². The molecule has 2 fully saturated rings. The highest BCUT2D eigenvalue weighted by Gasteiger charge is 2.39. The molecule has 2 aromatic rings. The predicted molar refractivity (Wildman–Crippen MR) is 125 cm³/mol. The predicted octanol–water partition coefficient (Wildman–Crippen LogP) is 2.04. The van der Waals surface area contributed by atoms with Gasteiger partial charge in [0.05, 0.1) is 15.7 Å². The SMILES string of the molecule is CCc1ccc(N2CC(C(=O)N3CCN(S(=O)(=O)c4cccc([N+](=O)[O-])c4)CC3)CC2=O)cc1. The first-order chi connectivity index (χ1) is 16.2. The molecule has 0 bridgehead atoms. The lowest BCUT2D eigenvalue weighted by molar-refractivity contribution is -0.385. The highest BCUT2D eigenvalue weighted by atomic mass is 32.2. The Labute approximate surface area is 198 Å². The fraction of sp³-hybridized carbons (Fsp3) is 0.391. The highest BCUT2D eigenvalue weighted by Crippen LogP contribution is 2.28. The van der Waals surface area contributed by atoms with E-state index < -0.39 is 20.9 Å². The summed E-state index contributed by atoms with van der Waals surface area (Å²) in [5.74, 6) is -0.735. The fourth-order valence-electron chi connectivity index (χ4n) is 4.35. The Hall–Kier alpha value is -3.31. The molecule has 2 aromatic carbocycles. The van der Waals surface area contributed by atoms with E-state index in [0.717, 1.165) is 18.2 Å². The molecule has 0 spiro atoms. The van der Waals surface area contributed by atoms with E-state index in [4.69, 9.17) is 0 Å². The number of anilines is 1. The molecule has 2 amide bonds. The van der Waals surface area contributed by atoms with Crippen molar-refractivity contribution < 1.29 is 22.9 Å². The normalized spacial score (nSPS) is 19.4. The molecule has 0 saturated carbocycles. The summed E-state index contributed by atoms with van der Waals surface area (Å²) in [4.78, 5) is 39.1. The van der Waals surface area contributed by atoms with Gasteiger partial charge in [0.15, 0.2) is 0 Å². The number of nitro benzene ring substituents is 1. The summed E-state index contributed by atoms with van der Waals surface area (Å²) in [6, 6.07) is 12.7. The number of carbonyl (C=O) groups is 2. The number of rotatable bonds is 6. The summed E-state index contributed by atoms with van der Waals surface area (Å²) >= 11 is 0. The molecule has 2 aliphatic rings. The number of carbonyl (C=O) groups excluding carboxylic acids is 2. The number of nitrogens with zero attached hydrogens (tertiary/aromatic N) is 4. The van der Waals surface area contributed by atoms with Crippen molar-refractivity contribution in [3.63, 3.8) is 0 Å². The number of hydrogen-bond acceptors (Lipinski definition) is 6. The van der Waals surface area contributed by atoms with Gasteiger partial charge in [0.2, 0.25) is 21.8 Å². The van der Waals surface area contributed by atoms with Crippen LogP contribution in [0.5, 0.6) is 0 Å². The quantitative estimate of drug-likeness (QED) is 0.455. The number of hydrogen-bond donors (Lipinski definition) is 0. The van der Waals surface area contributed by atoms with Gasteiger partial charge in [-0.25, -0.2) is 8.42 Å². The molecule has 180 valence electrons. The number of sulfonamides is 1. The van der Waals surface area contributed by atoms with Gasteiger partial charge in [0, 0.05) is 57.0 Å². The molecule has 2 saturated heterocycles. The minimum atomic E-state index is -3.92. The monoisotopic (exact) mass is 486 g/mol. The summed E-state index contributed by atoms with van der Waals surface area (Å²) in [7, 11) is -3.92. The van der Waals surface area contributed by atoms with Crippen molar-refractivity contribution in [2.75, 3.05) is 37.6 Å². The maximum atomic E-state index is 13.1. The van der Waals surface area contributed by atoms with Crippen LogP contribution in [0.3, 0.4) is 0 Å².